The average molecular weight is 245 g/mol. The van der Waals surface area contributed by atoms with Crippen molar-refractivity contribution in [3.05, 3.63) is 0 Å². The van der Waals surface area contributed by atoms with Crippen LogP contribution in [-0.2, 0) is 14.3 Å². The topological polar surface area (TPSA) is 66.8 Å². The summed E-state index contributed by atoms with van der Waals surface area (Å²) in [5, 5.41) is 8.75. The van der Waals surface area contributed by atoms with E-state index in [2.05, 4.69) is 0 Å². The van der Waals surface area contributed by atoms with Crippen molar-refractivity contribution in [3.8, 4) is 0 Å². The number of hydrogen-bond acceptors (Lipinski definition) is 4. The molecule has 0 atom stereocenters. The Kier molecular flexibility index (Phi) is 8.40. The van der Waals surface area contributed by atoms with E-state index in [1.54, 1.807) is 11.8 Å². The van der Waals surface area contributed by atoms with Crippen molar-refractivity contribution in [3.63, 3.8) is 0 Å². The van der Waals surface area contributed by atoms with Gasteiger partial charge >= 0.3 is 5.97 Å². The number of amides is 1. The van der Waals surface area contributed by atoms with Gasteiger partial charge in [0.2, 0.25) is 5.91 Å². The van der Waals surface area contributed by atoms with Gasteiger partial charge in [-0.15, -0.1) is 0 Å². The summed E-state index contributed by atoms with van der Waals surface area (Å²) in [6.07, 6.45) is 0.848. The van der Waals surface area contributed by atoms with Gasteiger partial charge in [0, 0.05) is 25.6 Å². The van der Waals surface area contributed by atoms with Gasteiger partial charge in [0.05, 0.1) is 13.0 Å². The highest BCUT2D eigenvalue weighted by atomic mass is 16.5. The minimum Gasteiger partial charge on any atom is -0.466 e. The van der Waals surface area contributed by atoms with E-state index in [9.17, 15) is 9.59 Å². The maximum absolute atomic E-state index is 11.8. The number of esters is 1. The zero-order chi connectivity index (χ0) is 13.3. The van der Waals surface area contributed by atoms with Crippen LogP contribution in [0, 0.1) is 0 Å². The van der Waals surface area contributed by atoms with Crippen LogP contribution in [0.2, 0.25) is 0 Å². The summed E-state index contributed by atoms with van der Waals surface area (Å²) >= 11 is 0. The fourth-order valence-electron chi connectivity index (χ4n) is 1.50. The molecule has 17 heavy (non-hydrogen) atoms. The molecule has 0 aromatic rings. The third-order valence-corrected chi connectivity index (χ3v) is 2.35. The molecule has 0 fully saturated rings. The van der Waals surface area contributed by atoms with Crippen LogP contribution >= 0.6 is 0 Å². The Morgan fingerprint density at radius 1 is 1.29 bits per heavy atom. The summed E-state index contributed by atoms with van der Waals surface area (Å²) in [5.74, 6) is -0.409. The van der Waals surface area contributed by atoms with Crippen molar-refractivity contribution < 1.29 is 19.4 Å². The van der Waals surface area contributed by atoms with Gasteiger partial charge in [0.15, 0.2) is 0 Å². The maximum Gasteiger partial charge on any atom is 0.306 e. The molecule has 0 aliphatic carbocycles. The number of ether oxygens (including phenoxy) is 1. The predicted octanol–water partition coefficient (Wildman–Crippen LogP) is 0.949. The Morgan fingerprint density at radius 2 is 1.94 bits per heavy atom. The van der Waals surface area contributed by atoms with Crippen molar-refractivity contribution in [2.75, 3.05) is 19.8 Å². The average Bonchev–Trinajstić information content (AvgIpc) is 2.27. The van der Waals surface area contributed by atoms with E-state index in [-0.39, 0.29) is 37.4 Å². The second kappa shape index (κ2) is 8.98. The highest BCUT2D eigenvalue weighted by Gasteiger charge is 2.17. The molecule has 0 aliphatic rings. The van der Waals surface area contributed by atoms with Gasteiger partial charge in [-0.3, -0.25) is 9.59 Å². The lowest BCUT2D eigenvalue weighted by Gasteiger charge is -2.26. The molecule has 0 saturated heterocycles. The first-order valence-electron chi connectivity index (χ1n) is 6.08. The summed E-state index contributed by atoms with van der Waals surface area (Å²) in [4.78, 5) is 24.6. The van der Waals surface area contributed by atoms with Crippen LogP contribution in [0.5, 0.6) is 0 Å². The van der Waals surface area contributed by atoms with Crippen molar-refractivity contribution in [1.82, 2.24) is 4.90 Å². The fourth-order valence-corrected chi connectivity index (χ4v) is 1.50. The van der Waals surface area contributed by atoms with E-state index in [0.717, 1.165) is 0 Å². The molecule has 0 rings (SSSR count). The number of carbonyl (C=O) groups excluding carboxylic acids is 2. The fraction of sp³-hybridized carbons (Fsp3) is 0.833. The Bertz CT molecular complexity index is 241. The number of nitrogens with zero attached hydrogens (tertiary/aromatic N) is 1. The lowest BCUT2D eigenvalue weighted by Crippen LogP contribution is -2.38. The SMILES string of the molecule is CCOC(=O)CCC(=O)N(CCCO)C(C)C. The van der Waals surface area contributed by atoms with E-state index in [4.69, 9.17) is 9.84 Å². The van der Waals surface area contributed by atoms with Gasteiger partial charge in [0.25, 0.3) is 0 Å². The molecular weight excluding hydrogens is 222 g/mol. The van der Waals surface area contributed by atoms with Gasteiger partial charge in [-0.25, -0.2) is 0 Å². The maximum atomic E-state index is 11.8. The Morgan fingerprint density at radius 3 is 2.41 bits per heavy atom. The first kappa shape index (κ1) is 15.9. The first-order valence-corrected chi connectivity index (χ1v) is 6.08. The molecule has 0 aliphatic heterocycles. The van der Waals surface area contributed by atoms with Gasteiger partial charge < -0.3 is 14.7 Å². The number of rotatable bonds is 8. The van der Waals surface area contributed by atoms with E-state index < -0.39 is 0 Å². The van der Waals surface area contributed by atoms with E-state index in [1.807, 2.05) is 13.8 Å². The number of aliphatic hydroxyl groups is 1. The molecule has 0 bridgehead atoms. The molecule has 5 heteroatoms. The van der Waals surface area contributed by atoms with Crippen molar-refractivity contribution >= 4 is 11.9 Å². The lowest BCUT2D eigenvalue weighted by atomic mass is 10.2. The second-order valence-corrected chi connectivity index (χ2v) is 4.06. The number of hydrogen-bond donors (Lipinski definition) is 1. The molecule has 0 radical (unpaired) electrons. The first-order chi connectivity index (χ1) is 8.02. The van der Waals surface area contributed by atoms with E-state index in [0.29, 0.717) is 19.6 Å². The van der Waals surface area contributed by atoms with Gasteiger partial charge in [-0.2, -0.15) is 0 Å². The summed E-state index contributed by atoms with van der Waals surface area (Å²) in [7, 11) is 0. The molecule has 0 saturated carbocycles. The molecule has 5 nitrogen and oxygen atoms in total. The van der Waals surface area contributed by atoms with Crippen LogP contribution in [0.1, 0.15) is 40.0 Å². The highest BCUT2D eigenvalue weighted by Crippen LogP contribution is 2.05. The minimum atomic E-state index is -0.341. The molecule has 0 spiro atoms. The van der Waals surface area contributed by atoms with Gasteiger partial charge in [-0.05, 0) is 27.2 Å². The van der Waals surface area contributed by atoms with Crippen LogP contribution in [-0.4, -0.2) is 47.7 Å². The van der Waals surface area contributed by atoms with E-state index >= 15 is 0 Å². The predicted molar refractivity (Wildman–Crippen MR) is 64.4 cm³/mol. The molecule has 0 aromatic heterocycles. The molecule has 0 heterocycles. The zero-order valence-corrected chi connectivity index (χ0v) is 10.9. The van der Waals surface area contributed by atoms with Crippen molar-refractivity contribution in [2.24, 2.45) is 0 Å². The minimum absolute atomic E-state index is 0.0639. The van der Waals surface area contributed by atoms with Crippen LogP contribution < -0.4 is 0 Å². The van der Waals surface area contributed by atoms with Crippen LogP contribution in [0.15, 0.2) is 0 Å². The Hall–Kier alpha value is -1.10. The van der Waals surface area contributed by atoms with Crippen LogP contribution in [0.3, 0.4) is 0 Å². The largest absolute Gasteiger partial charge is 0.466 e. The monoisotopic (exact) mass is 245 g/mol. The number of carbonyl (C=O) groups is 2. The van der Waals surface area contributed by atoms with Crippen molar-refractivity contribution in [1.29, 1.82) is 0 Å². The summed E-state index contributed by atoms with van der Waals surface area (Å²) in [6.45, 7) is 6.50. The number of aliphatic hydroxyl groups excluding tert-OH is 1. The Balaban J connectivity index is 4.09. The molecule has 100 valence electrons. The van der Waals surface area contributed by atoms with Crippen LogP contribution in [0.25, 0.3) is 0 Å². The quantitative estimate of drug-likeness (QED) is 0.646. The standard InChI is InChI=1S/C12H23NO4/c1-4-17-12(16)7-6-11(15)13(10(2)3)8-5-9-14/h10,14H,4-9H2,1-3H3. The summed E-state index contributed by atoms with van der Waals surface area (Å²) in [5.41, 5.74) is 0. The molecule has 1 N–H and O–H groups in total. The molecule has 1 amide bonds. The third-order valence-electron chi connectivity index (χ3n) is 2.35. The van der Waals surface area contributed by atoms with Gasteiger partial charge in [0.1, 0.15) is 0 Å². The van der Waals surface area contributed by atoms with Crippen molar-refractivity contribution in [2.45, 2.75) is 46.1 Å². The summed E-state index contributed by atoms with van der Waals surface area (Å²) in [6, 6.07) is 0.0799. The molecule has 0 unspecified atom stereocenters. The smallest absolute Gasteiger partial charge is 0.306 e. The normalized spacial score (nSPS) is 10.4. The lowest BCUT2D eigenvalue weighted by molar-refractivity contribution is -0.146. The van der Waals surface area contributed by atoms with E-state index in [1.165, 1.54) is 0 Å². The molecular formula is C12H23NO4. The highest BCUT2D eigenvalue weighted by molar-refractivity contribution is 5.81. The Labute approximate surface area is 103 Å². The zero-order valence-electron chi connectivity index (χ0n) is 10.9. The van der Waals surface area contributed by atoms with Gasteiger partial charge in [-0.1, -0.05) is 0 Å². The second-order valence-electron chi connectivity index (χ2n) is 4.06. The molecule has 0 aromatic carbocycles. The van der Waals surface area contributed by atoms with Crippen LogP contribution in [0.4, 0.5) is 0 Å². The third kappa shape index (κ3) is 6.94. The summed E-state index contributed by atoms with van der Waals surface area (Å²) < 4.78 is 4.76.